The molecule has 0 aliphatic heterocycles. The summed E-state index contributed by atoms with van der Waals surface area (Å²) in [6, 6.07) is 0. The van der Waals surface area contributed by atoms with Crippen LogP contribution >= 0.6 is 0 Å². The molecule has 1 aromatic heterocycles. The number of nitrogens with zero attached hydrogens (tertiary/aromatic N) is 2. The summed E-state index contributed by atoms with van der Waals surface area (Å²) in [6.45, 7) is 4.00. The van der Waals surface area contributed by atoms with Crippen molar-refractivity contribution < 1.29 is 9.53 Å². The highest BCUT2D eigenvalue weighted by atomic mass is 16.5. The fourth-order valence-electron chi connectivity index (χ4n) is 1.16. The number of esters is 1. The topological polar surface area (TPSA) is 93.9 Å². The Bertz CT molecular complexity index is 310. The molecule has 1 aromatic rings. The molecule has 0 aliphatic carbocycles. The molecule has 6 heteroatoms. The summed E-state index contributed by atoms with van der Waals surface area (Å²) in [7, 11) is 0. The highest BCUT2D eigenvalue weighted by Crippen LogP contribution is 2.17. The van der Waals surface area contributed by atoms with Crippen molar-refractivity contribution in [3.05, 3.63) is 5.82 Å². The average Bonchev–Trinajstić information content (AvgIpc) is 2.54. The van der Waals surface area contributed by atoms with Crippen LogP contribution in [0, 0.1) is 0 Å². The number of H-pyrrole nitrogens is 1. The molecule has 0 amide bonds. The lowest BCUT2D eigenvalue weighted by atomic mass is 10.1. The number of nitrogens with two attached hydrogens (primary N) is 1. The van der Waals surface area contributed by atoms with Crippen LogP contribution in [0.1, 0.15) is 32.0 Å². The van der Waals surface area contributed by atoms with E-state index in [2.05, 4.69) is 15.2 Å². The van der Waals surface area contributed by atoms with Crippen molar-refractivity contribution in [2.45, 2.75) is 26.2 Å². The van der Waals surface area contributed by atoms with Crippen LogP contribution in [-0.4, -0.2) is 27.8 Å². The van der Waals surface area contributed by atoms with Crippen LogP contribution in [0.5, 0.6) is 0 Å². The Kier molecular flexibility index (Phi) is 3.44. The number of nitrogen functional groups attached to an aromatic ring is 1. The third-order valence-electron chi connectivity index (χ3n) is 1.83. The number of rotatable bonds is 4. The zero-order chi connectivity index (χ0) is 10.6. The Morgan fingerprint density at radius 1 is 1.64 bits per heavy atom. The van der Waals surface area contributed by atoms with Gasteiger partial charge in [0.2, 0.25) is 5.95 Å². The standard InChI is InChI=1S/C8H14N4O2/c1-3-5(7(13)14-4-2)6-10-8(9)12-11-6/h5H,3-4H2,1-2H3,(H3,9,10,11,12). The maximum atomic E-state index is 11.4. The van der Waals surface area contributed by atoms with Crippen LogP contribution in [-0.2, 0) is 9.53 Å². The SMILES string of the molecule is CCOC(=O)C(CC)c1nc(N)n[nH]1. The molecule has 0 saturated carbocycles. The van der Waals surface area contributed by atoms with E-state index in [1.807, 2.05) is 6.92 Å². The van der Waals surface area contributed by atoms with Crippen molar-refractivity contribution in [1.82, 2.24) is 15.2 Å². The molecule has 0 fully saturated rings. The van der Waals surface area contributed by atoms with Crippen LogP contribution in [0.25, 0.3) is 0 Å². The number of hydrogen-bond donors (Lipinski definition) is 2. The van der Waals surface area contributed by atoms with Crippen molar-refractivity contribution in [3.8, 4) is 0 Å². The molecule has 0 radical (unpaired) electrons. The summed E-state index contributed by atoms with van der Waals surface area (Å²) in [6.07, 6.45) is 0.605. The van der Waals surface area contributed by atoms with E-state index in [0.29, 0.717) is 18.9 Å². The number of hydrogen-bond acceptors (Lipinski definition) is 5. The molecule has 0 aliphatic rings. The van der Waals surface area contributed by atoms with Crippen LogP contribution < -0.4 is 5.73 Å². The molecular weight excluding hydrogens is 184 g/mol. The van der Waals surface area contributed by atoms with Gasteiger partial charge in [0.25, 0.3) is 0 Å². The minimum Gasteiger partial charge on any atom is -0.465 e. The number of aromatic nitrogens is 3. The van der Waals surface area contributed by atoms with E-state index < -0.39 is 5.92 Å². The largest absolute Gasteiger partial charge is 0.465 e. The number of carbonyl (C=O) groups excluding carboxylic acids is 1. The third-order valence-corrected chi connectivity index (χ3v) is 1.83. The zero-order valence-corrected chi connectivity index (χ0v) is 8.28. The predicted molar refractivity (Wildman–Crippen MR) is 50.5 cm³/mol. The second-order valence-electron chi connectivity index (χ2n) is 2.79. The van der Waals surface area contributed by atoms with E-state index in [9.17, 15) is 4.79 Å². The van der Waals surface area contributed by atoms with Gasteiger partial charge in [-0.25, -0.2) is 0 Å². The molecule has 1 heterocycles. The quantitative estimate of drug-likeness (QED) is 0.685. The van der Waals surface area contributed by atoms with Gasteiger partial charge >= 0.3 is 5.97 Å². The Balaban J connectivity index is 2.76. The van der Waals surface area contributed by atoms with E-state index in [1.54, 1.807) is 6.92 Å². The number of carbonyl (C=O) groups is 1. The summed E-state index contributed by atoms with van der Waals surface area (Å²) in [5.74, 6) is -0.0999. The Morgan fingerprint density at radius 3 is 2.79 bits per heavy atom. The predicted octanol–water partition coefficient (Wildman–Crippen LogP) is 0.444. The summed E-state index contributed by atoms with van der Waals surface area (Å²) < 4.78 is 4.89. The summed E-state index contributed by atoms with van der Waals surface area (Å²) in [4.78, 5) is 15.3. The molecule has 1 atom stereocenters. The second kappa shape index (κ2) is 4.59. The summed E-state index contributed by atoms with van der Waals surface area (Å²) >= 11 is 0. The lowest BCUT2D eigenvalue weighted by Gasteiger charge is -2.09. The fraction of sp³-hybridized carbons (Fsp3) is 0.625. The number of aromatic amines is 1. The van der Waals surface area contributed by atoms with Gasteiger partial charge in [0, 0.05) is 0 Å². The van der Waals surface area contributed by atoms with E-state index in [4.69, 9.17) is 10.5 Å². The molecule has 78 valence electrons. The minimum atomic E-state index is -0.403. The average molecular weight is 198 g/mol. The number of anilines is 1. The van der Waals surface area contributed by atoms with E-state index in [1.165, 1.54) is 0 Å². The lowest BCUT2D eigenvalue weighted by molar-refractivity contribution is -0.145. The highest BCUT2D eigenvalue weighted by molar-refractivity contribution is 5.76. The second-order valence-corrected chi connectivity index (χ2v) is 2.79. The Morgan fingerprint density at radius 2 is 2.36 bits per heavy atom. The molecule has 3 N–H and O–H groups in total. The number of ether oxygens (including phenoxy) is 1. The normalized spacial score (nSPS) is 12.4. The molecule has 0 aromatic carbocycles. The maximum Gasteiger partial charge on any atom is 0.316 e. The molecule has 1 unspecified atom stereocenters. The van der Waals surface area contributed by atoms with E-state index in [0.717, 1.165) is 0 Å². The molecule has 1 rings (SSSR count). The summed E-state index contributed by atoms with van der Waals surface area (Å²) in [5, 5.41) is 6.27. The lowest BCUT2D eigenvalue weighted by Crippen LogP contribution is -2.16. The maximum absolute atomic E-state index is 11.4. The first-order valence-electron chi connectivity index (χ1n) is 4.53. The van der Waals surface area contributed by atoms with Gasteiger partial charge in [0.1, 0.15) is 11.7 Å². The fourth-order valence-corrected chi connectivity index (χ4v) is 1.16. The van der Waals surface area contributed by atoms with Crippen molar-refractivity contribution in [3.63, 3.8) is 0 Å². The molecule has 6 nitrogen and oxygen atoms in total. The molecule has 14 heavy (non-hydrogen) atoms. The van der Waals surface area contributed by atoms with Crippen molar-refractivity contribution in [2.75, 3.05) is 12.3 Å². The Labute approximate surface area is 81.9 Å². The van der Waals surface area contributed by atoms with Gasteiger partial charge in [-0.2, -0.15) is 4.98 Å². The monoisotopic (exact) mass is 198 g/mol. The highest BCUT2D eigenvalue weighted by Gasteiger charge is 2.23. The van der Waals surface area contributed by atoms with Gasteiger partial charge < -0.3 is 10.5 Å². The van der Waals surface area contributed by atoms with Crippen molar-refractivity contribution in [2.24, 2.45) is 0 Å². The van der Waals surface area contributed by atoms with Gasteiger partial charge in [-0.3, -0.25) is 9.89 Å². The molecule has 0 bridgehead atoms. The third kappa shape index (κ3) is 2.21. The first-order chi connectivity index (χ1) is 6.69. The first kappa shape index (κ1) is 10.5. The van der Waals surface area contributed by atoms with E-state index >= 15 is 0 Å². The first-order valence-corrected chi connectivity index (χ1v) is 4.53. The molecule has 0 spiro atoms. The van der Waals surface area contributed by atoms with Crippen LogP contribution in [0.2, 0.25) is 0 Å². The van der Waals surface area contributed by atoms with Crippen molar-refractivity contribution in [1.29, 1.82) is 0 Å². The minimum absolute atomic E-state index is 0.141. The van der Waals surface area contributed by atoms with Gasteiger partial charge in [-0.15, -0.1) is 5.10 Å². The van der Waals surface area contributed by atoms with Crippen LogP contribution in [0.3, 0.4) is 0 Å². The van der Waals surface area contributed by atoms with Gasteiger partial charge in [0.05, 0.1) is 6.61 Å². The smallest absolute Gasteiger partial charge is 0.316 e. The summed E-state index contributed by atoms with van der Waals surface area (Å²) in [5.41, 5.74) is 5.34. The van der Waals surface area contributed by atoms with Gasteiger partial charge in [0.15, 0.2) is 0 Å². The number of nitrogens with one attached hydrogen (secondary N) is 1. The van der Waals surface area contributed by atoms with Crippen LogP contribution in [0.15, 0.2) is 0 Å². The van der Waals surface area contributed by atoms with Gasteiger partial charge in [-0.1, -0.05) is 6.92 Å². The Hall–Kier alpha value is -1.59. The molecular formula is C8H14N4O2. The zero-order valence-electron chi connectivity index (χ0n) is 8.28. The van der Waals surface area contributed by atoms with Gasteiger partial charge in [-0.05, 0) is 13.3 Å². The van der Waals surface area contributed by atoms with E-state index in [-0.39, 0.29) is 11.9 Å². The van der Waals surface area contributed by atoms with Crippen LogP contribution in [0.4, 0.5) is 5.95 Å². The van der Waals surface area contributed by atoms with Crippen molar-refractivity contribution >= 4 is 11.9 Å². The molecule has 0 saturated heterocycles.